The third-order valence-electron chi connectivity index (χ3n) is 6.22. The molecule has 0 aromatic heterocycles. The smallest absolute Gasteiger partial charge is 0.408 e. The van der Waals surface area contributed by atoms with Gasteiger partial charge in [-0.3, -0.25) is 14.4 Å². The number of hydrogen-bond donors (Lipinski definition) is 2. The molecule has 0 radical (unpaired) electrons. The highest BCUT2D eigenvalue weighted by atomic mass is 32.2. The standard InChI is InChI=1S/C31H47N3O6S/c1-8-10-11-12-13-14-20-34(29(37)25(19-21-41-7)33-30(38)40-31(3,4)5)27(28(36)32-22-26(35)39-6)24-17-15-23(9-2)16-18-24/h2,15-18,25,27H,8,10-14,19-22H2,1,3-7H3,(H,32,36)(H,33,38). The lowest BCUT2D eigenvalue weighted by Gasteiger charge is -2.34. The van der Waals surface area contributed by atoms with Gasteiger partial charge >= 0.3 is 12.1 Å². The van der Waals surface area contributed by atoms with Crippen molar-refractivity contribution in [2.24, 2.45) is 0 Å². The first-order valence-electron chi connectivity index (χ1n) is 14.2. The first-order chi connectivity index (χ1) is 19.5. The Morgan fingerprint density at radius 2 is 1.68 bits per heavy atom. The van der Waals surface area contributed by atoms with Gasteiger partial charge in [-0.25, -0.2) is 4.79 Å². The molecule has 0 aliphatic rings. The van der Waals surface area contributed by atoms with Crippen LogP contribution >= 0.6 is 11.8 Å². The largest absolute Gasteiger partial charge is 0.468 e. The normalized spacial score (nSPS) is 12.4. The number of methoxy groups -OCH3 is 1. The number of hydrogen-bond acceptors (Lipinski definition) is 7. The molecule has 0 heterocycles. The van der Waals surface area contributed by atoms with Crippen LogP contribution in [0.3, 0.4) is 0 Å². The number of ether oxygens (including phenoxy) is 2. The summed E-state index contributed by atoms with van der Waals surface area (Å²) in [4.78, 5) is 53.8. The molecule has 41 heavy (non-hydrogen) atoms. The molecule has 0 fully saturated rings. The van der Waals surface area contributed by atoms with Crippen molar-refractivity contribution < 1.29 is 28.7 Å². The Kier molecular flexibility index (Phi) is 16.6. The molecule has 0 saturated carbocycles. The van der Waals surface area contributed by atoms with Crippen LogP contribution in [0, 0.1) is 12.3 Å². The lowest BCUT2D eigenvalue weighted by molar-refractivity contribution is -0.144. The number of thioether (sulfide) groups is 1. The Hall–Kier alpha value is -3.19. The number of unbranched alkanes of at least 4 members (excludes halogenated alkanes) is 5. The van der Waals surface area contributed by atoms with Crippen LogP contribution in [-0.4, -0.2) is 72.6 Å². The number of alkyl carbamates (subject to hydrolysis) is 1. The Bertz CT molecular complexity index is 1020. The lowest BCUT2D eigenvalue weighted by Crippen LogP contribution is -2.53. The maximum Gasteiger partial charge on any atom is 0.408 e. The van der Waals surface area contributed by atoms with Gasteiger partial charge in [-0.2, -0.15) is 11.8 Å². The second-order valence-electron chi connectivity index (χ2n) is 10.7. The van der Waals surface area contributed by atoms with Gasteiger partial charge in [0.15, 0.2) is 0 Å². The summed E-state index contributed by atoms with van der Waals surface area (Å²) in [6.07, 6.45) is 13.0. The fraction of sp³-hybridized carbons (Fsp3) is 0.613. The number of nitrogens with one attached hydrogen (secondary N) is 2. The van der Waals surface area contributed by atoms with Crippen molar-refractivity contribution in [2.75, 3.05) is 32.2 Å². The van der Waals surface area contributed by atoms with Crippen LogP contribution in [0.25, 0.3) is 0 Å². The predicted molar refractivity (Wildman–Crippen MR) is 163 cm³/mol. The van der Waals surface area contributed by atoms with E-state index in [9.17, 15) is 19.2 Å². The van der Waals surface area contributed by atoms with Gasteiger partial charge in [0.05, 0.1) is 7.11 Å². The Morgan fingerprint density at radius 3 is 2.24 bits per heavy atom. The average molecular weight is 590 g/mol. The first kappa shape index (κ1) is 35.8. The molecule has 1 aromatic carbocycles. The minimum Gasteiger partial charge on any atom is -0.468 e. The summed E-state index contributed by atoms with van der Waals surface area (Å²) in [5, 5.41) is 5.34. The molecule has 3 amide bonds. The molecule has 2 unspecified atom stereocenters. The van der Waals surface area contributed by atoms with E-state index in [1.807, 2.05) is 6.26 Å². The van der Waals surface area contributed by atoms with E-state index in [0.717, 1.165) is 32.1 Å². The molecule has 9 nitrogen and oxygen atoms in total. The van der Waals surface area contributed by atoms with Crippen LogP contribution < -0.4 is 10.6 Å². The Labute approximate surface area is 249 Å². The van der Waals surface area contributed by atoms with E-state index in [2.05, 4.69) is 28.2 Å². The molecule has 1 rings (SSSR count). The Balaban J connectivity index is 3.46. The van der Waals surface area contributed by atoms with Crippen molar-refractivity contribution >= 4 is 35.6 Å². The van der Waals surface area contributed by atoms with Gasteiger partial charge in [-0.15, -0.1) is 6.42 Å². The van der Waals surface area contributed by atoms with Crippen molar-refractivity contribution in [3.63, 3.8) is 0 Å². The highest BCUT2D eigenvalue weighted by Gasteiger charge is 2.36. The van der Waals surface area contributed by atoms with E-state index >= 15 is 0 Å². The third kappa shape index (κ3) is 13.8. The Morgan fingerprint density at radius 1 is 1.05 bits per heavy atom. The van der Waals surface area contributed by atoms with Gasteiger partial charge in [0, 0.05) is 12.1 Å². The van der Waals surface area contributed by atoms with E-state index in [1.165, 1.54) is 12.0 Å². The van der Waals surface area contributed by atoms with Crippen LogP contribution in [0.5, 0.6) is 0 Å². The van der Waals surface area contributed by atoms with Crippen molar-refractivity contribution in [3.8, 4) is 12.3 Å². The van der Waals surface area contributed by atoms with Gasteiger partial charge in [-0.05, 0) is 63.3 Å². The van der Waals surface area contributed by atoms with Crippen molar-refractivity contribution in [3.05, 3.63) is 35.4 Å². The second kappa shape index (κ2) is 19.0. The zero-order valence-electron chi connectivity index (χ0n) is 25.4. The minimum atomic E-state index is -1.06. The summed E-state index contributed by atoms with van der Waals surface area (Å²) in [7, 11) is 1.23. The number of rotatable bonds is 17. The SMILES string of the molecule is C#Cc1ccc(C(C(=O)NCC(=O)OC)N(CCCCCCCC)C(=O)C(CCSC)NC(=O)OC(C)(C)C)cc1. The van der Waals surface area contributed by atoms with Gasteiger partial charge < -0.3 is 25.0 Å². The van der Waals surface area contributed by atoms with Crippen LogP contribution in [0.1, 0.15) is 89.8 Å². The number of carbonyl (C=O) groups excluding carboxylic acids is 4. The summed E-state index contributed by atoms with van der Waals surface area (Å²) in [6, 6.07) is 4.83. The fourth-order valence-electron chi connectivity index (χ4n) is 4.13. The molecule has 0 aliphatic carbocycles. The zero-order chi connectivity index (χ0) is 30.8. The monoisotopic (exact) mass is 589 g/mol. The number of terminal acetylenes is 1. The number of benzene rings is 1. The number of esters is 1. The van der Waals surface area contributed by atoms with Crippen LogP contribution in [0.4, 0.5) is 4.79 Å². The predicted octanol–water partition coefficient (Wildman–Crippen LogP) is 4.83. The highest BCUT2D eigenvalue weighted by Crippen LogP contribution is 2.25. The lowest BCUT2D eigenvalue weighted by atomic mass is 10.00. The van der Waals surface area contributed by atoms with Crippen LogP contribution in [-0.2, 0) is 23.9 Å². The number of amides is 3. The van der Waals surface area contributed by atoms with Gasteiger partial charge in [0.2, 0.25) is 11.8 Å². The van der Waals surface area contributed by atoms with Crippen molar-refractivity contribution in [1.82, 2.24) is 15.5 Å². The topological polar surface area (TPSA) is 114 Å². The molecule has 0 spiro atoms. The van der Waals surface area contributed by atoms with Crippen LogP contribution in [0.2, 0.25) is 0 Å². The molecule has 2 atom stereocenters. The maximum absolute atomic E-state index is 14.2. The van der Waals surface area contributed by atoms with E-state index in [0.29, 0.717) is 29.7 Å². The van der Waals surface area contributed by atoms with Gasteiger partial charge in [-0.1, -0.05) is 57.1 Å². The van der Waals surface area contributed by atoms with Gasteiger partial charge in [0.25, 0.3) is 0 Å². The third-order valence-corrected chi connectivity index (χ3v) is 6.87. The molecule has 0 saturated heterocycles. The summed E-state index contributed by atoms with van der Waals surface area (Å²) in [5.41, 5.74) is 0.414. The van der Waals surface area contributed by atoms with E-state index < -0.39 is 41.6 Å². The zero-order valence-corrected chi connectivity index (χ0v) is 26.2. The van der Waals surface area contributed by atoms with Gasteiger partial charge in [0.1, 0.15) is 24.2 Å². The molecule has 2 N–H and O–H groups in total. The first-order valence-corrected chi connectivity index (χ1v) is 15.6. The molecular formula is C31H47N3O6S. The summed E-state index contributed by atoms with van der Waals surface area (Å²) < 4.78 is 10.1. The summed E-state index contributed by atoms with van der Waals surface area (Å²) in [5.74, 6) is 1.60. The summed E-state index contributed by atoms with van der Waals surface area (Å²) in [6.45, 7) is 7.33. The van der Waals surface area contributed by atoms with E-state index in [1.54, 1.807) is 56.8 Å². The molecule has 228 valence electrons. The molecule has 10 heteroatoms. The van der Waals surface area contributed by atoms with E-state index in [-0.39, 0.29) is 13.1 Å². The fourth-order valence-corrected chi connectivity index (χ4v) is 4.61. The molecule has 1 aromatic rings. The molecular weight excluding hydrogens is 542 g/mol. The number of carbonyl (C=O) groups is 4. The maximum atomic E-state index is 14.2. The minimum absolute atomic E-state index is 0.282. The second-order valence-corrected chi connectivity index (χ2v) is 11.7. The average Bonchev–Trinajstić information content (AvgIpc) is 2.93. The quantitative estimate of drug-likeness (QED) is 0.152. The highest BCUT2D eigenvalue weighted by molar-refractivity contribution is 7.98. The molecule has 0 bridgehead atoms. The molecule has 0 aliphatic heterocycles. The van der Waals surface area contributed by atoms with E-state index in [4.69, 9.17) is 11.2 Å². The van der Waals surface area contributed by atoms with Crippen LogP contribution in [0.15, 0.2) is 24.3 Å². The van der Waals surface area contributed by atoms with Crippen molar-refractivity contribution in [1.29, 1.82) is 0 Å². The summed E-state index contributed by atoms with van der Waals surface area (Å²) >= 11 is 1.55. The van der Waals surface area contributed by atoms with Crippen molar-refractivity contribution in [2.45, 2.75) is 90.3 Å². The number of nitrogens with zero attached hydrogens (tertiary/aromatic N) is 1.